The predicted molar refractivity (Wildman–Crippen MR) is 81.9 cm³/mol. The van der Waals surface area contributed by atoms with Crippen LogP contribution in [0.15, 0.2) is 6.07 Å². The van der Waals surface area contributed by atoms with Crippen molar-refractivity contribution in [1.82, 2.24) is 15.3 Å². The molecule has 0 radical (unpaired) electrons. The van der Waals surface area contributed by atoms with Crippen LogP contribution in [-0.2, 0) is 5.41 Å². The number of aryl methyl sites for hydroxylation is 1. The van der Waals surface area contributed by atoms with Crippen molar-refractivity contribution in [2.75, 3.05) is 18.0 Å². The molecule has 1 aromatic heterocycles. The number of anilines is 1. The Labute approximate surface area is 125 Å². The van der Waals surface area contributed by atoms with Gasteiger partial charge in [-0.3, -0.25) is 0 Å². The van der Waals surface area contributed by atoms with Gasteiger partial charge in [-0.15, -0.1) is 0 Å². The predicted octanol–water partition coefficient (Wildman–Crippen LogP) is 2.32. The van der Waals surface area contributed by atoms with Gasteiger partial charge in [-0.05, 0) is 19.8 Å². The van der Waals surface area contributed by atoms with Gasteiger partial charge in [0.1, 0.15) is 11.6 Å². The van der Waals surface area contributed by atoms with E-state index in [0.29, 0.717) is 0 Å². The van der Waals surface area contributed by atoms with Gasteiger partial charge in [0.25, 0.3) is 0 Å². The minimum atomic E-state index is -0.943. The Morgan fingerprint density at radius 2 is 1.95 bits per heavy atom. The van der Waals surface area contributed by atoms with Crippen molar-refractivity contribution in [3.05, 3.63) is 17.6 Å². The van der Waals surface area contributed by atoms with Crippen LogP contribution in [0, 0.1) is 6.92 Å². The van der Waals surface area contributed by atoms with E-state index >= 15 is 0 Å². The summed E-state index contributed by atoms with van der Waals surface area (Å²) < 4.78 is 0. The molecule has 21 heavy (non-hydrogen) atoms. The molecule has 1 aliphatic rings. The van der Waals surface area contributed by atoms with Gasteiger partial charge in [-0.25, -0.2) is 14.8 Å². The third-order valence-corrected chi connectivity index (χ3v) is 3.66. The molecule has 6 nitrogen and oxygen atoms in total. The molecular weight excluding hydrogens is 268 g/mol. The zero-order chi connectivity index (χ0) is 15.6. The molecule has 0 bridgehead atoms. The Balaban J connectivity index is 2.10. The van der Waals surface area contributed by atoms with Crippen LogP contribution < -0.4 is 10.2 Å². The summed E-state index contributed by atoms with van der Waals surface area (Å²) in [7, 11) is 0. The maximum absolute atomic E-state index is 10.7. The molecular formula is C15H24N4O2. The number of rotatable bonds is 2. The summed E-state index contributed by atoms with van der Waals surface area (Å²) in [5.41, 5.74) is 0.889. The van der Waals surface area contributed by atoms with Crippen molar-refractivity contribution in [3.63, 3.8) is 0 Å². The van der Waals surface area contributed by atoms with Crippen molar-refractivity contribution in [3.8, 4) is 0 Å². The second-order valence-corrected chi connectivity index (χ2v) is 6.65. The van der Waals surface area contributed by atoms with E-state index in [1.165, 1.54) is 0 Å². The lowest BCUT2D eigenvalue weighted by Crippen LogP contribution is -2.44. The Bertz CT molecular complexity index is 517. The molecule has 2 rings (SSSR count). The Kier molecular flexibility index (Phi) is 4.34. The second kappa shape index (κ2) is 5.87. The van der Waals surface area contributed by atoms with E-state index in [-0.39, 0.29) is 11.5 Å². The van der Waals surface area contributed by atoms with E-state index in [0.717, 1.165) is 43.3 Å². The van der Waals surface area contributed by atoms with Gasteiger partial charge < -0.3 is 15.3 Å². The van der Waals surface area contributed by atoms with Crippen LogP contribution in [0.25, 0.3) is 0 Å². The number of nitrogens with zero attached hydrogens (tertiary/aromatic N) is 3. The van der Waals surface area contributed by atoms with Crippen LogP contribution in [0.4, 0.5) is 10.6 Å². The molecule has 2 N–H and O–H groups in total. The summed E-state index contributed by atoms with van der Waals surface area (Å²) >= 11 is 0. The molecule has 0 aromatic carbocycles. The van der Waals surface area contributed by atoms with Gasteiger partial charge >= 0.3 is 6.09 Å². The SMILES string of the molecule is Cc1cc(N2CCC(NC(=O)O)CC2)nc(C(C)(C)C)n1. The van der Waals surface area contributed by atoms with Gasteiger partial charge in [-0.2, -0.15) is 0 Å². The van der Waals surface area contributed by atoms with Crippen molar-refractivity contribution in [2.24, 2.45) is 0 Å². The van der Waals surface area contributed by atoms with Gasteiger partial charge in [0, 0.05) is 36.3 Å². The zero-order valence-corrected chi connectivity index (χ0v) is 13.2. The van der Waals surface area contributed by atoms with E-state index in [2.05, 4.69) is 36.0 Å². The fourth-order valence-electron chi connectivity index (χ4n) is 2.48. The average Bonchev–Trinajstić information content (AvgIpc) is 2.37. The number of amides is 1. The van der Waals surface area contributed by atoms with Crippen LogP contribution in [0.5, 0.6) is 0 Å². The van der Waals surface area contributed by atoms with Gasteiger partial charge in [-0.1, -0.05) is 20.8 Å². The minimum absolute atomic E-state index is 0.0452. The lowest BCUT2D eigenvalue weighted by atomic mass is 9.95. The monoisotopic (exact) mass is 292 g/mol. The smallest absolute Gasteiger partial charge is 0.404 e. The van der Waals surface area contributed by atoms with Crippen molar-refractivity contribution >= 4 is 11.9 Å². The summed E-state index contributed by atoms with van der Waals surface area (Å²) in [6.45, 7) is 9.92. The topological polar surface area (TPSA) is 78.4 Å². The number of aromatic nitrogens is 2. The largest absolute Gasteiger partial charge is 0.465 e. The Morgan fingerprint density at radius 3 is 2.48 bits per heavy atom. The molecule has 6 heteroatoms. The average molecular weight is 292 g/mol. The summed E-state index contributed by atoms with van der Waals surface area (Å²) in [5, 5.41) is 11.3. The third-order valence-electron chi connectivity index (χ3n) is 3.66. The number of carboxylic acid groups (broad SMARTS) is 1. The van der Waals surface area contributed by atoms with Gasteiger partial charge in [0.05, 0.1) is 0 Å². The lowest BCUT2D eigenvalue weighted by Gasteiger charge is -2.33. The maximum atomic E-state index is 10.7. The summed E-state index contributed by atoms with van der Waals surface area (Å²) in [6, 6.07) is 2.05. The third kappa shape index (κ3) is 4.06. The van der Waals surface area contributed by atoms with Crippen LogP contribution in [0.2, 0.25) is 0 Å². The van der Waals surface area contributed by atoms with Crippen molar-refractivity contribution in [1.29, 1.82) is 0 Å². The maximum Gasteiger partial charge on any atom is 0.404 e. The molecule has 1 aliphatic heterocycles. The molecule has 116 valence electrons. The number of hydrogen-bond donors (Lipinski definition) is 2. The van der Waals surface area contributed by atoms with Crippen LogP contribution >= 0.6 is 0 Å². The van der Waals surface area contributed by atoms with E-state index in [9.17, 15) is 4.79 Å². The van der Waals surface area contributed by atoms with E-state index in [1.54, 1.807) is 0 Å². The van der Waals surface area contributed by atoms with Gasteiger partial charge in [0.15, 0.2) is 0 Å². The second-order valence-electron chi connectivity index (χ2n) is 6.65. The normalized spacial score (nSPS) is 16.9. The molecule has 0 saturated carbocycles. The van der Waals surface area contributed by atoms with E-state index < -0.39 is 6.09 Å². The number of nitrogens with one attached hydrogen (secondary N) is 1. The standard InChI is InChI=1S/C15H24N4O2/c1-10-9-12(18-13(16-10)15(2,3)4)19-7-5-11(6-8-19)17-14(20)21/h9,11,17H,5-8H2,1-4H3,(H,20,21). The number of carbonyl (C=O) groups is 1. The highest BCUT2D eigenvalue weighted by Gasteiger charge is 2.24. The summed E-state index contributed by atoms with van der Waals surface area (Å²) in [4.78, 5) is 22.1. The van der Waals surface area contributed by atoms with Crippen LogP contribution in [0.1, 0.15) is 45.1 Å². The van der Waals surface area contributed by atoms with E-state index in [1.807, 2.05) is 13.0 Å². The quantitative estimate of drug-likeness (QED) is 0.874. The first-order valence-electron chi connectivity index (χ1n) is 7.36. The summed E-state index contributed by atoms with van der Waals surface area (Å²) in [5.74, 6) is 1.80. The van der Waals surface area contributed by atoms with Crippen LogP contribution in [0.3, 0.4) is 0 Å². The highest BCUT2D eigenvalue weighted by atomic mass is 16.4. The Hall–Kier alpha value is -1.85. The summed E-state index contributed by atoms with van der Waals surface area (Å²) in [6.07, 6.45) is 0.668. The Morgan fingerprint density at radius 1 is 1.33 bits per heavy atom. The molecule has 1 amide bonds. The molecule has 0 unspecified atom stereocenters. The highest BCUT2D eigenvalue weighted by molar-refractivity contribution is 5.64. The highest BCUT2D eigenvalue weighted by Crippen LogP contribution is 2.24. The molecule has 0 spiro atoms. The lowest BCUT2D eigenvalue weighted by molar-refractivity contribution is 0.187. The van der Waals surface area contributed by atoms with Crippen molar-refractivity contribution < 1.29 is 9.90 Å². The molecule has 1 saturated heterocycles. The fourth-order valence-corrected chi connectivity index (χ4v) is 2.48. The number of hydrogen-bond acceptors (Lipinski definition) is 4. The molecule has 2 heterocycles. The van der Waals surface area contributed by atoms with Gasteiger partial charge in [0.2, 0.25) is 0 Å². The first-order valence-corrected chi connectivity index (χ1v) is 7.36. The molecule has 0 atom stereocenters. The minimum Gasteiger partial charge on any atom is -0.465 e. The molecule has 1 aromatic rings. The van der Waals surface area contributed by atoms with Crippen LogP contribution in [-0.4, -0.2) is 40.3 Å². The van der Waals surface area contributed by atoms with Crippen molar-refractivity contribution in [2.45, 2.75) is 52.0 Å². The zero-order valence-electron chi connectivity index (χ0n) is 13.2. The number of piperidine rings is 1. The first kappa shape index (κ1) is 15.5. The van der Waals surface area contributed by atoms with E-state index in [4.69, 9.17) is 10.1 Å². The first-order chi connectivity index (χ1) is 9.75. The molecule has 0 aliphatic carbocycles. The molecule has 1 fully saturated rings. The fraction of sp³-hybridized carbons (Fsp3) is 0.667.